The van der Waals surface area contributed by atoms with Crippen molar-refractivity contribution in [2.24, 2.45) is 5.92 Å². The van der Waals surface area contributed by atoms with E-state index in [-0.39, 0.29) is 17.9 Å². The van der Waals surface area contributed by atoms with Crippen LogP contribution in [0.5, 0.6) is 0 Å². The first-order chi connectivity index (χ1) is 9.63. The summed E-state index contributed by atoms with van der Waals surface area (Å²) in [5.41, 5.74) is 1.04. The van der Waals surface area contributed by atoms with Crippen molar-refractivity contribution in [2.75, 3.05) is 0 Å². The second-order valence-corrected chi connectivity index (χ2v) is 5.08. The Kier molecular flexibility index (Phi) is 4.56. The van der Waals surface area contributed by atoms with E-state index in [1.807, 2.05) is 50.4 Å². The Morgan fingerprint density at radius 2 is 2.00 bits per heavy atom. The van der Waals surface area contributed by atoms with Crippen molar-refractivity contribution in [2.45, 2.75) is 33.4 Å². The minimum atomic E-state index is -0.207. The van der Waals surface area contributed by atoms with Crippen molar-refractivity contribution in [1.82, 2.24) is 14.9 Å². The second kappa shape index (κ2) is 6.37. The van der Waals surface area contributed by atoms with Gasteiger partial charge in [0.05, 0.1) is 0 Å². The molecule has 1 aromatic heterocycles. The first kappa shape index (κ1) is 14.3. The highest BCUT2D eigenvalue weighted by molar-refractivity contribution is 5.78. The van der Waals surface area contributed by atoms with Crippen LogP contribution >= 0.6 is 0 Å². The van der Waals surface area contributed by atoms with Crippen LogP contribution in [0.4, 0.5) is 0 Å². The highest BCUT2D eigenvalue weighted by atomic mass is 16.1. The lowest BCUT2D eigenvalue weighted by Gasteiger charge is -2.21. The second-order valence-electron chi connectivity index (χ2n) is 5.08. The van der Waals surface area contributed by atoms with E-state index in [0.717, 1.165) is 17.9 Å². The summed E-state index contributed by atoms with van der Waals surface area (Å²) < 4.78 is 2.05. The first-order valence-corrected chi connectivity index (χ1v) is 6.99. The molecule has 1 atom stereocenters. The Bertz CT molecular complexity index is 560. The predicted molar refractivity (Wildman–Crippen MR) is 79.2 cm³/mol. The van der Waals surface area contributed by atoms with E-state index in [2.05, 4.69) is 21.8 Å². The average Bonchev–Trinajstić information content (AvgIpc) is 2.93. The number of amides is 1. The summed E-state index contributed by atoms with van der Waals surface area (Å²) in [5.74, 6) is 0.850. The van der Waals surface area contributed by atoms with Crippen molar-refractivity contribution in [3.8, 4) is 0 Å². The van der Waals surface area contributed by atoms with E-state index in [1.54, 1.807) is 6.20 Å². The molecule has 1 aromatic carbocycles. The zero-order chi connectivity index (χ0) is 14.5. The summed E-state index contributed by atoms with van der Waals surface area (Å²) in [6.45, 7) is 6.68. The fourth-order valence-corrected chi connectivity index (χ4v) is 2.10. The van der Waals surface area contributed by atoms with Gasteiger partial charge in [-0.05, 0) is 12.5 Å². The zero-order valence-electron chi connectivity index (χ0n) is 12.2. The minimum Gasteiger partial charge on any atom is -0.342 e. The summed E-state index contributed by atoms with van der Waals surface area (Å²) in [4.78, 5) is 16.5. The van der Waals surface area contributed by atoms with E-state index in [1.165, 1.54) is 0 Å². The Morgan fingerprint density at radius 1 is 1.30 bits per heavy atom. The number of hydrogen-bond donors (Lipinski definition) is 1. The highest BCUT2D eigenvalue weighted by Gasteiger charge is 2.22. The Morgan fingerprint density at radius 3 is 2.60 bits per heavy atom. The standard InChI is InChI=1S/C16H21N3O/c1-4-19-11-10-17-15(19)14(18-16(20)12(2)3)13-8-6-5-7-9-13/h5-12,14H,4H2,1-3H3,(H,18,20). The number of hydrogen-bond acceptors (Lipinski definition) is 2. The van der Waals surface area contributed by atoms with Crippen LogP contribution in [-0.2, 0) is 11.3 Å². The van der Waals surface area contributed by atoms with E-state index >= 15 is 0 Å². The van der Waals surface area contributed by atoms with E-state index in [4.69, 9.17) is 0 Å². The fourth-order valence-electron chi connectivity index (χ4n) is 2.10. The third-order valence-electron chi connectivity index (χ3n) is 3.29. The number of aryl methyl sites for hydroxylation is 1. The van der Waals surface area contributed by atoms with E-state index < -0.39 is 0 Å². The molecule has 2 rings (SSSR count). The van der Waals surface area contributed by atoms with Crippen molar-refractivity contribution in [1.29, 1.82) is 0 Å². The van der Waals surface area contributed by atoms with Gasteiger partial charge >= 0.3 is 0 Å². The lowest BCUT2D eigenvalue weighted by atomic mass is 10.0. The minimum absolute atomic E-state index is 0.0320. The molecule has 0 saturated carbocycles. The number of carbonyl (C=O) groups is 1. The predicted octanol–water partition coefficient (Wildman–Crippen LogP) is 2.76. The molecule has 1 unspecified atom stereocenters. The van der Waals surface area contributed by atoms with Gasteiger partial charge in [0, 0.05) is 24.9 Å². The number of benzene rings is 1. The molecule has 0 aliphatic carbocycles. The van der Waals surface area contributed by atoms with Crippen molar-refractivity contribution < 1.29 is 4.79 Å². The quantitative estimate of drug-likeness (QED) is 0.909. The van der Waals surface area contributed by atoms with E-state index in [0.29, 0.717) is 0 Å². The van der Waals surface area contributed by atoms with Gasteiger partial charge in [-0.15, -0.1) is 0 Å². The number of nitrogens with one attached hydrogen (secondary N) is 1. The molecule has 4 nitrogen and oxygen atoms in total. The van der Waals surface area contributed by atoms with Gasteiger partial charge in [0.15, 0.2) is 0 Å². The lowest BCUT2D eigenvalue weighted by Crippen LogP contribution is -2.34. The van der Waals surface area contributed by atoms with Gasteiger partial charge in [0.1, 0.15) is 11.9 Å². The van der Waals surface area contributed by atoms with Crippen LogP contribution in [0.1, 0.15) is 38.2 Å². The topological polar surface area (TPSA) is 46.9 Å². The molecule has 0 saturated heterocycles. The molecule has 1 heterocycles. The maximum Gasteiger partial charge on any atom is 0.223 e. The highest BCUT2D eigenvalue weighted by Crippen LogP contribution is 2.21. The maximum absolute atomic E-state index is 12.1. The fraction of sp³-hybridized carbons (Fsp3) is 0.375. The number of rotatable bonds is 5. The first-order valence-electron chi connectivity index (χ1n) is 6.99. The van der Waals surface area contributed by atoms with Crippen LogP contribution < -0.4 is 5.32 Å². The van der Waals surface area contributed by atoms with Crippen LogP contribution in [0, 0.1) is 5.92 Å². The molecule has 1 N–H and O–H groups in total. The SMILES string of the molecule is CCn1ccnc1C(NC(=O)C(C)C)c1ccccc1. The molecule has 20 heavy (non-hydrogen) atoms. The van der Waals surface area contributed by atoms with Gasteiger partial charge in [-0.2, -0.15) is 0 Å². The molecule has 0 aliphatic rings. The summed E-state index contributed by atoms with van der Waals surface area (Å²) >= 11 is 0. The number of aromatic nitrogens is 2. The molecule has 1 amide bonds. The number of nitrogens with zero attached hydrogens (tertiary/aromatic N) is 2. The molecular formula is C16H21N3O. The largest absolute Gasteiger partial charge is 0.342 e. The number of carbonyl (C=O) groups excluding carboxylic acids is 1. The summed E-state index contributed by atoms with van der Waals surface area (Å²) in [5, 5.41) is 3.09. The monoisotopic (exact) mass is 271 g/mol. The van der Waals surface area contributed by atoms with Crippen LogP contribution in [0.3, 0.4) is 0 Å². The number of imidazole rings is 1. The molecule has 0 aliphatic heterocycles. The van der Waals surface area contributed by atoms with Gasteiger partial charge in [0.2, 0.25) is 5.91 Å². The summed E-state index contributed by atoms with van der Waals surface area (Å²) in [6, 6.07) is 9.74. The lowest BCUT2D eigenvalue weighted by molar-refractivity contribution is -0.124. The van der Waals surface area contributed by atoms with Crippen LogP contribution in [-0.4, -0.2) is 15.5 Å². The van der Waals surface area contributed by atoms with Crippen molar-refractivity contribution in [3.63, 3.8) is 0 Å². The van der Waals surface area contributed by atoms with Gasteiger partial charge in [-0.3, -0.25) is 4.79 Å². The summed E-state index contributed by atoms with van der Waals surface area (Å²) in [7, 11) is 0. The third-order valence-corrected chi connectivity index (χ3v) is 3.29. The Labute approximate surface area is 119 Å². The molecule has 2 aromatic rings. The van der Waals surface area contributed by atoms with Crippen LogP contribution in [0.2, 0.25) is 0 Å². The van der Waals surface area contributed by atoms with Crippen molar-refractivity contribution in [3.05, 3.63) is 54.1 Å². The average molecular weight is 271 g/mol. The van der Waals surface area contributed by atoms with Gasteiger partial charge < -0.3 is 9.88 Å². The molecule has 0 fully saturated rings. The van der Waals surface area contributed by atoms with Crippen LogP contribution in [0.15, 0.2) is 42.7 Å². The van der Waals surface area contributed by atoms with Gasteiger partial charge in [-0.25, -0.2) is 4.98 Å². The zero-order valence-corrected chi connectivity index (χ0v) is 12.2. The normalized spacial score (nSPS) is 12.4. The van der Waals surface area contributed by atoms with Gasteiger partial charge in [0.25, 0.3) is 0 Å². The molecule has 4 heteroatoms. The van der Waals surface area contributed by atoms with E-state index in [9.17, 15) is 4.79 Å². The van der Waals surface area contributed by atoms with Crippen LogP contribution in [0.25, 0.3) is 0 Å². The molecule has 0 radical (unpaired) electrons. The van der Waals surface area contributed by atoms with Gasteiger partial charge in [-0.1, -0.05) is 44.2 Å². The maximum atomic E-state index is 12.1. The Balaban J connectivity index is 2.37. The molecular weight excluding hydrogens is 250 g/mol. The molecule has 0 spiro atoms. The third kappa shape index (κ3) is 3.07. The molecule has 0 bridgehead atoms. The Hall–Kier alpha value is -2.10. The summed E-state index contributed by atoms with van der Waals surface area (Å²) in [6.07, 6.45) is 3.71. The van der Waals surface area contributed by atoms with Crippen molar-refractivity contribution >= 4 is 5.91 Å². The molecule has 106 valence electrons. The smallest absolute Gasteiger partial charge is 0.223 e.